The lowest BCUT2D eigenvalue weighted by Crippen LogP contribution is -2.31. The van der Waals surface area contributed by atoms with Gasteiger partial charge in [0.1, 0.15) is 12.2 Å². The molecular weight excluding hydrogens is 182 g/mol. The van der Waals surface area contributed by atoms with E-state index in [9.17, 15) is 8.42 Å². The molecule has 0 radical (unpaired) electrons. The lowest BCUT2D eigenvalue weighted by Gasteiger charge is -1.99. The van der Waals surface area contributed by atoms with Crippen LogP contribution in [0.25, 0.3) is 0 Å². The Kier molecular flexibility index (Phi) is 2.40. The minimum absolute atomic E-state index is 0.0509. The van der Waals surface area contributed by atoms with Gasteiger partial charge in [-0.1, -0.05) is 0 Å². The number of aromatic nitrogens is 3. The Morgan fingerprint density at radius 3 is 2.83 bits per heavy atom. The summed E-state index contributed by atoms with van der Waals surface area (Å²) in [6, 6.07) is 0. The third-order valence-corrected chi connectivity index (χ3v) is 1.78. The Morgan fingerprint density at radius 2 is 2.42 bits per heavy atom. The number of hydrogen-bond donors (Lipinski definition) is 2. The number of rotatable bonds is 3. The summed E-state index contributed by atoms with van der Waals surface area (Å²) in [5.74, 6) is 0.504. The van der Waals surface area contributed by atoms with Crippen LogP contribution < -0.4 is 9.86 Å². The maximum Gasteiger partial charge on any atom is 0.274 e. The molecule has 1 heterocycles. The van der Waals surface area contributed by atoms with Crippen LogP contribution in [-0.4, -0.2) is 23.2 Å². The number of nitrogens with two attached hydrogens (primary N) is 1. The van der Waals surface area contributed by atoms with Crippen molar-refractivity contribution in [2.24, 2.45) is 12.2 Å². The first-order chi connectivity index (χ1) is 5.49. The maximum absolute atomic E-state index is 10.4. The van der Waals surface area contributed by atoms with Gasteiger partial charge in [-0.15, -0.1) is 0 Å². The summed E-state index contributed by atoms with van der Waals surface area (Å²) in [6.45, 7) is 0.0509. The molecule has 0 fully saturated rings. The Morgan fingerprint density at radius 1 is 1.75 bits per heavy atom. The first-order valence-electron chi connectivity index (χ1n) is 3.09. The minimum atomic E-state index is -3.65. The van der Waals surface area contributed by atoms with Crippen LogP contribution >= 0.6 is 0 Å². The average Bonchev–Trinajstić information content (AvgIpc) is 2.29. The quantitative estimate of drug-likeness (QED) is 0.582. The van der Waals surface area contributed by atoms with E-state index < -0.39 is 10.2 Å². The Hall–Kier alpha value is -0.990. The molecule has 0 atom stereocenters. The largest absolute Gasteiger partial charge is 0.274 e. The van der Waals surface area contributed by atoms with Crippen molar-refractivity contribution in [3.63, 3.8) is 0 Å². The summed E-state index contributed by atoms with van der Waals surface area (Å²) in [5, 5.41) is 8.45. The molecule has 0 amide bonds. The topological polar surface area (TPSA) is 103 Å². The molecular formula is C4H9N5O2S. The number of nitrogens with zero attached hydrogens (tertiary/aromatic N) is 3. The van der Waals surface area contributed by atoms with Crippen LogP contribution in [0.2, 0.25) is 0 Å². The molecule has 8 heteroatoms. The second kappa shape index (κ2) is 3.17. The third-order valence-electron chi connectivity index (χ3n) is 1.24. The fraction of sp³-hybridized carbons (Fsp3) is 0.500. The van der Waals surface area contributed by atoms with E-state index in [1.54, 1.807) is 7.05 Å². The minimum Gasteiger partial charge on any atom is -0.252 e. The number of hydrogen-bond acceptors (Lipinski definition) is 4. The first-order valence-corrected chi connectivity index (χ1v) is 4.64. The van der Waals surface area contributed by atoms with Crippen molar-refractivity contribution in [1.82, 2.24) is 19.5 Å². The van der Waals surface area contributed by atoms with Gasteiger partial charge in [0.05, 0.1) is 6.54 Å². The fourth-order valence-electron chi connectivity index (χ4n) is 0.645. The smallest absolute Gasteiger partial charge is 0.252 e. The van der Waals surface area contributed by atoms with Crippen molar-refractivity contribution in [2.75, 3.05) is 0 Å². The van der Waals surface area contributed by atoms with Crippen LogP contribution in [0.15, 0.2) is 6.33 Å². The number of aryl methyl sites for hydroxylation is 1. The molecule has 0 aliphatic carbocycles. The maximum atomic E-state index is 10.4. The van der Waals surface area contributed by atoms with Crippen LogP contribution in [0.3, 0.4) is 0 Å². The van der Waals surface area contributed by atoms with E-state index in [1.165, 1.54) is 11.0 Å². The Balaban J connectivity index is 2.61. The molecule has 1 aromatic heterocycles. The molecule has 0 unspecified atom stereocenters. The van der Waals surface area contributed by atoms with Crippen molar-refractivity contribution >= 4 is 10.2 Å². The van der Waals surface area contributed by atoms with Gasteiger partial charge in [-0.05, 0) is 0 Å². The van der Waals surface area contributed by atoms with Gasteiger partial charge in [0.2, 0.25) is 0 Å². The van der Waals surface area contributed by atoms with Gasteiger partial charge in [-0.25, -0.2) is 10.1 Å². The second-order valence-electron chi connectivity index (χ2n) is 2.17. The fourth-order valence-corrected chi connectivity index (χ4v) is 0.976. The van der Waals surface area contributed by atoms with Gasteiger partial charge < -0.3 is 0 Å². The van der Waals surface area contributed by atoms with Crippen molar-refractivity contribution in [3.8, 4) is 0 Å². The molecule has 1 rings (SSSR count). The SMILES string of the molecule is Cn1ncnc1CNS(N)(=O)=O. The third kappa shape index (κ3) is 2.57. The molecule has 0 aliphatic heterocycles. The molecule has 68 valence electrons. The van der Waals surface area contributed by atoms with E-state index in [0.717, 1.165) is 0 Å². The summed E-state index contributed by atoms with van der Waals surface area (Å²) in [5.41, 5.74) is 0. The van der Waals surface area contributed by atoms with Crippen molar-refractivity contribution in [1.29, 1.82) is 0 Å². The van der Waals surface area contributed by atoms with Gasteiger partial charge in [0, 0.05) is 7.05 Å². The van der Waals surface area contributed by atoms with Crippen LogP contribution in [0.5, 0.6) is 0 Å². The summed E-state index contributed by atoms with van der Waals surface area (Å²) in [4.78, 5) is 3.79. The Labute approximate surface area is 69.8 Å². The van der Waals surface area contributed by atoms with E-state index in [2.05, 4.69) is 14.8 Å². The molecule has 1 aromatic rings. The normalized spacial score (nSPS) is 11.8. The molecule has 0 aromatic carbocycles. The van der Waals surface area contributed by atoms with E-state index in [0.29, 0.717) is 5.82 Å². The predicted molar refractivity (Wildman–Crippen MR) is 40.9 cm³/mol. The van der Waals surface area contributed by atoms with E-state index >= 15 is 0 Å². The monoisotopic (exact) mass is 191 g/mol. The highest BCUT2D eigenvalue weighted by molar-refractivity contribution is 7.87. The molecule has 7 nitrogen and oxygen atoms in total. The molecule has 3 N–H and O–H groups in total. The standard InChI is InChI=1S/C4H9N5O2S/c1-9-4(6-3-7-9)2-8-12(5,10)11/h3,8H,2H2,1H3,(H2,5,10,11). The zero-order valence-electron chi connectivity index (χ0n) is 6.43. The van der Waals surface area contributed by atoms with Crippen LogP contribution in [0.4, 0.5) is 0 Å². The zero-order chi connectivity index (χ0) is 9.19. The van der Waals surface area contributed by atoms with E-state index in [4.69, 9.17) is 5.14 Å². The van der Waals surface area contributed by atoms with Gasteiger partial charge in [-0.3, -0.25) is 4.68 Å². The van der Waals surface area contributed by atoms with Crippen LogP contribution in [0.1, 0.15) is 5.82 Å². The van der Waals surface area contributed by atoms with Crippen molar-refractivity contribution in [3.05, 3.63) is 12.2 Å². The molecule has 0 saturated heterocycles. The summed E-state index contributed by atoms with van der Waals surface area (Å²) >= 11 is 0. The first kappa shape index (κ1) is 9.10. The number of nitrogens with one attached hydrogen (secondary N) is 1. The van der Waals surface area contributed by atoms with Crippen LogP contribution in [0, 0.1) is 0 Å². The zero-order valence-corrected chi connectivity index (χ0v) is 7.24. The average molecular weight is 191 g/mol. The van der Waals surface area contributed by atoms with E-state index in [-0.39, 0.29) is 6.54 Å². The van der Waals surface area contributed by atoms with Gasteiger partial charge >= 0.3 is 0 Å². The van der Waals surface area contributed by atoms with Crippen molar-refractivity contribution < 1.29 is 8.42 Å². The Bertz CT molecular complexity index is 355. The lowest BCUT2D eigenvalue weighted by molar-refractivity contribution is 0.577. The molecule has 12 heavy (non-hydrogen) atoms. The highest BCUT2D eigenvalue weighted by atomic mass is 32.2. The summed E-state index contributed by atoms with van der Waals surface area (Å²) < 4.78 is 24.4. The molecule has 0 aliphatic rings. The predicted octanol–water partition coefficient (Wildman–Crippen LogP) is -1.89. The summed E-state index contributed by atoms with van der Waals surface area (Å²) in [6.07, 6.45) is 1.33. The molecule has 0 saturated carbocycles. The highest BCUT2D eigenvalue weighted by Crippen LogP contribution is 1.89. The van der Waals surface area contributed by atoms with Gasteiger partial charge in [-0.2, -0.15) is 18.2 Å². The van der Waals surface area contributed by atoms with Crippen molar-refractivity contribution in [2.45, 2.75) is 6.54 Å². The van der Waals surface area contributed by atoms with Crippen LogP contribution in [-0.2, 0) is 23.8 Å². The van der Waals surface area contributed by atoms with E-state index in [1.807, 2.05) is 0 Å². The molecule has 0 spiro atoms. The highest BCUT2D eigenvalue weighted by Gasteiger charge is 2.04. The lowest BCUT2D eigenvalue weighted by atomic mass is 10.6. The van der Waals surface area contributed by atoms with Gasteiger partial charge in [0.25, 0.3) is 10.2 Å². The summed E-state index contributed by atoms with van der Waals surface area (Å²) in [7, 11) is -1.99. The molecule has 0 bridgehead atoms. The van der Waals surface area contributed by atoms with Gasteiger partial charge in [0.15, 0.2) is 0 Å². The second-order valence-corrected chi connectivity index (χ2v) is 3.54.